The van der Waals surface area contributed by atoms with Gasteiger partial charge >= 0.3 is 6.18 Å². The number of carbonyl (C=O) groups excluding carboxylic acids is 1. The molecule has 3 aromatic rings. The van der Waals surface area contributed by atoms with Gasteiger partial charge in [0.25, 0.3) is 11.3 Å². The first-order chi connectivity index (χ1) is 10.7. The summed E-state index contributed by atoms with van der Waals surface area (Å²) >= 11 is 0. The first-order valence-corrected chi connectivity index (χ1v) is 6.58. The van der Waals surface area contributed by atoms with Crippen LogP contribution in [0.2, 0.25) is 0 Å². The van der Waals surface area contributed by atoms with Crippen LogP contribution in [0.15, 0.2) is 41.2 Å². The average molecular weight is 321 g/mol. The highest BCUT2D eigenvalue weighted by atomic mass is 19.4. The number of aryl methyl sites for hydroxylation is 1. The van der Waals surface area contributed by atoms with Gasteiger partial charge in [-0.1, -0.05) is 30.3 Å². The molecule has 1 aromatic heterocycles. The number of rotatable bonds is 1. The summed E-state index contributed by atoms with van der Waals surface area (Å²) in [6.07, 6.45) is -5.24. The molecule has 0 aliphatic heterocycles. The van der Waals surface area contributed by atoms with Crippen molar-refractivity contribution in [1.29, 1.82) is 0 Å². The van der Waals surface area contributed by atoms with Gasteiger partial charge in [0.05, 0.1) is 5.52 Å². The molecule has 0 amide bonds. The molecular weight excluding hydrogens is 311 g/mol. The molecule has 0 aliphatic rings. The lowest BCUT2D eigenvalue weighted by atomic mass is 10.0. The van der Waals surface area contributed by atoms with E-state index >= 15 is 0 Å². The number of aromatic hydroxyl groups is 1. The van der Waals surface area contributed by atoms with Gasteiger partial charge in [-0.25, -0.2) is 0 Å². The standard InChI is InChI=1S/C16H10F3NO3/c1-20-12-9-5-3-2-4-8(9)6-7-10(12)13(21)11(15(20)23)14(22)16(17,18)19/h2-7,21H,1H3. The predicted octanol–water partition coefficient (Wildman–Crippen LogP) is 3.14. The maximum absolute atomic E-state index is 12.7. The van der Waals surface area contributed by atoms with E-state index in [0.29, 0.717) is 5.39 Å². The highest BCUT2D eigenvalue weighted by Crippen LogP contribution is 2.33. The van der Waals surface area contributed by atoms with Gasteiger partial charge in [0.15, 0.2) is 0 Å². The second kappa shape index (κ2) is 4.84. The maximum atomic E-state index is 12.7. The fraction of sp³-hybridized carbons (Fsp3) is 0.125. The zero-order valence-electron chi connectivity index (χ0n) is 11.8. The topological polar surface area (TPSA) is 59.3 Å². The van der Waals surface area contributed by atoms with Gasteiger partial charge < -0.3 is 9.67 Å². The fourth-order valence-electron chi connectivity index (χ4n) is 2.66. The first-order valence-electron chi connectivity index (χ1n) is 6.58. The van der Waals surface area contributed by atoms with E-state index in [1.807, 2.05) is 0 Å². The van der Waals surface area contributed by atoms with Crippen molar-refractivity contribution in [2.45, 2.75) is 6.18 Å². The lowest BCUT2D eigenvalue weighted by Crippen LogP contribution is -2.32. The largest absolute Gasteiger partial charge is 0.506 e. The third-order valence-corrected chi connectivity index (χ3v) is 3.73. The van der Waals surface area contributed by atoms with Crippen molar-refractivity contribution in [1.82, 2.24) is 4.57 Å². The van der Waals surface area contributed by atoms with E-state index in [-0.39, 0.29) is 10.9 Å². The van der Waals surface area contributed by atoms with Crippen molar-refractivity contribution in [3.05, 3.63) is 52.3 Å². The number of pyridine rings is 1. The minimum Gasteiger partial charge on any atom is -0.506 e. The number of hydrogen-bond acceptors (Lipinski definition) is 3. The number of benzene rings is 2. The second-order valence-corrected chi connectivity index (χ2v) is 5.10. The van der Waals surface area contributed by atoms with Crippen LogP contribution in [0.5, 0.6) is 5.75 Å². The number of halogens is 3. The van der Waals surface area contributed by atoms with Crippen LogP contribution in [0.3, 0.4) is 0 Å². The van der Waals surface area contributed by atoms with Crippen LogP contribution in [0.1, 0.15) is 10.4 Å². The van der Waals surface area contributed by atoms with Crippen LogP contribution >= 0.6 is 0 Å². The Morgan fingerprint density at radius 3 is 2.39 bits per heavy atom. The average Bonchev–Trinajstić information content (AvgIpc) is 2.51. The molecule has 1 N–H and O–H groups in total. The molecule has 0 atom stereocenters. The van der Waals surface area contributed by atoms with Crippen LogP contribution < -0.4 is 5.56 Å². The number of nitrogens with zero attached hydrogens (tertiary/aromatic N) is 1. The van der Waals surface area contributed by atoms with Crippen molar-refractivity contribution in [3.8, 4) is 5.75 Å². The van der Waals surface area contributed by atoms with Crippen molar-refractivity contribution in [2.75, 3.05) is 0 Å². The number of carbonyl (C=O) groups is 1. The van der Waals surface area contributed by atoms with E-state index in [2.05, 4.69) is 0 Å². The molecule has 1 heterocycles. The summed E-state index contributed by atoms with van der Waals surface area (Å²) < 4.78 is 39.0. The third kappa shape index (κ3) is 2.16. The zero-order valence-corrected chi connectivity index (χ0v) is 11.8. The van der Waals surface area contributed by atoms with Gasteiger partial charge in [-0.2, -0.15) is 13.2 Å². The smallest absolute Gasteiger partial charge is 0.455 e. The predicted molar refractivity (Wildman–Crippen MR) is 78.7 cm³/mol. The summed E-state index contributed by atoms with van der Waals surface area (Å²) in [4.78, 5) is 23.7. The van der Waals surface area contributed by atoms with Crippen LogP contribution in [0.4, 0.5) is 13.2 Å². The summed E-state index contributed by atoms with van der Waals surface area (Å²) in [6.45, 7) is 0. The molecule has 0 saturated carbocycles. The molecule has 2 aromatic carbocycles. The molecule has 0 aliphatic carbocycles. The summed E-state index contributed by atoms with van der Waals surface area (Å²) in [6, 6.07) is 9.92. The van der Waals surface area contributed by atoms with E-state index in [9.17, 15) is 27.9 Å². The Balaban J connectivity index is 2.52. The molecule has 4 nitrogen and oxygen atoms in total. The third-order valence-electron chi connectivity index (χ3n) is 3.73. The second-order valence-electron chi connectivity index (χ2n) is 5.10. The Kier molecular flexibility index (Phi) is 3.17. The SMILES string of the molecule is Cn1c(=O)c(C(=O)C(F)(F)F)c(O)c2ccc3ccccc3c21. The highest BCUT2D eigenvalue weighted by Gasteiger charge is 2.43. The molecule has 0 fully saturated rings. The Morgan fingerprint density at radius 1 is 1.09 bits per heavy atom. The summed E-state index contributed by atoms with van der Waals surface area (Å²) in [5.41, 5.74) is -2.18. The number of Topliss-reactive ketones (excluding diaryl/α,β-unsaturated/α-hetero) is 1. The van der Waals surface area contributed by atoms with Crippen LogP contribution in [-0.2, 0) is 7.05 Å². The van der Waals surface area contributed by atoms with Crippen LogP contribution in [0, 0.1) is 0 Å². The van der Waals surface area contributed by atoms with Crippen LogP contribution in [-0.4, -0.2) is 21.6 Å². The van der Waals surface area contributed by atoms with Gasteiger partial charge in [0.1, 0.15) is 11.3 Å². The molecule has 7 heteroatoms. The normalized spacial score (nSPS) is 12.0. The number of hydrogen-bond donors (Lipinski definition) is 1. The molecule has 118 valence electrons. The van der Waals surface area contributed by atoms with Gasteiger partial charge in [-0.15, -0.1) is 0 Å². The van der Waals surface area contributed by atoms with Gasteiger partial charge in [-0.05, 0) is 11.5 Å². The molecule has 0 radical (unpaired) electrons. The van der Waals surface area contributed by atoms with Crippen molar-refractivity contribution in [3.63, 3.8) is 0 Å². The molecule has 0 saturated heterocycles. The minimum absolute atomic E-state index is 0.0124. The van der Waals surface area contributed by atoms with Crippen molar-refractivity contribution in [2.24, 2.45) is 7.05 Å². The lowest BCUT2D eigenvalue weighted by molar-refractivity contribution is -0.0887. The van der Waals surface area contributed by atoms with E-state index in [1.165, 1.54) is 13.1 Å². The lowest BCUT2D eigenvalue weighted by Gasteiger charge is -2.14. The first kappa shape index (κ1) is 15.1. The monoisotopic (exact) mass is 321 g/mol. The van der Waals surface area contributed by atoms with E-state index in [0.717, 1.165) is 9.95 Å². The number of ketones is 1. The fourth-order valence-corrected chi connectivity index (χ4v) is 2.66. The Hall–Kier alpha value is -2.83. The van der Waals surface area contributed by atoms with Crippen molar-refractivity contribution >= 4 is 27.5 Å². The number of fused-ring (bicyclic) bond motifs is 3. The van der Waals surface area contributed by atoms with E-state index in [4.69, 9.17) is 0 Å². The van der Waals surface area contributed by atoms with Gasteiger partial charge in [0.2, 0.25) is 0 Å². The molecule has 3 rings (SSSR count). The minimum atomic E-state index is -5.24. The Morgan fingerprint density at radius 2 is 1.74 bits per heavy atom. The van der Waals surface area contributed by atoms with E-state index in [1.54, 1.807) is 30.3 Å². The zero-order chi connectivity index (χ0) is 16.9. The molecule has 0 bridgehead atoms. The Bertz CT molecular complexity index is 1020. The molecule has 23 heavy (non-hydrogen) atoms. The quantitative estimate of drug-likeness (QED) is 0.553. The number of alkyl halides is 3. The maximum Gasteiger partial charge on any atom is 0.455 e. The van der Waals surface area contributed by atoms with Crippen molar-refractivity contribution < 1.29 is 23.1 Å². The molecule has 0 spiro atoms. The van der Waals surface area contributed by atoms with Gasteiger partial charge in [-0.3, -0.25) is 9.59 Å². The highest BCUT2D eigenvalue weighted by molar-refractivity contribution is 6.12. The summed E-state index contributed by atoms with van der Waals surface area (Å²) in [5.74, 6) is -3.30. The van der Waals surface area contributed by atoms with Gasteiger partial charge in [0, 0.05) is 17.8 Å². The Labute approximate surface area is 127 Å². The summed E-state index contributed by atoms with van der Waals surface area (Å²) in [7, 11) is 1.27. The number of aromatic nitrogens is 1. The molecule has 0 unspecified atom stereocenters. The molecular formula is C16H10F3NO3. The van der Waals surface area contributed by atoms with Crippen LogP contribution in [0.25, 0.3) is 21.7 Å². The van der Waals surface area contributed by atoms with E-state index < -0.39 is 28.8 Å². The summed E-state index contributed by atoms with van der Waals surface area (Å²) in [5, 5.41) is 11.5.